The van der Waals surface area contributed by atoms with Crippen LogP contribution in [0.1, 0.15) is 6.42 Å². The van der Waals surface area contributed by atoms with Crippen LogP contribution in [-0.4, -0.2) is 38.5 Å². The van der Waals surface area contributed by atoms with Crippen LogP contribution in [0.2, 0.25) is 0 Å². The fourth-order valence-electron chi connectivity index (χ4n) is 1.81. The van der Waals surface area contributed by atoms with Gasteiger partial charge < -0.3 is 31.9 Å². The van der Waals surface area contributed by atoms with Crippen LogP contribution in [0.5, 0.6) is 0 Å². The van der Waals surface area contributed by atoms with Crippen LogP contribution in [0.4, 0.5) is 22.7 Å². The second-order valence-corrected chi connectivity index (χ2v) is 5.17. The van der Waals surface area contributed by atoms with Crippen molar-refractivity contribution >= 4 is 22.7 Å². The van der Waals surface area contributed by atoms with Crippen molar-refractivity contribution in [1.82, 2.24) is 0 Å². The molecule has 0 aliphatic rings. The first kappa shape index (κ1) is 19.6. The van der Waals surface area contributed by atoms with E-state index in [4.69, 9.17) is 21.3 Å². The molecule has 0 heterocycles. The van der Waals surface area contributed by atoms with Gasteiger partial charge >= 0.3 is 0 Å². The summed E-state index contributed by atoms with van der Waals surface area (Å²) in [7, 11) is 1.69. The molecule has 0 spiro atoms. The van der Waals surface area contributed by atoms with E-state index < -0.39 is 0 Å². The van der Waals surface area contributed by atoms with Gasteiger partial charge in [0.2, 0.25) is 0 Å². The van der Waals surface area contributed by atoms with Gasteiger partial charge in [-0.3, -0.25) is 0 Å². The molecule has 0 aliphatic carbocycles. The zero-order valence-electron chi connectivity index (χ0n) is 14.2. The molecule has 2 aromatic rings. The number of anilines is 4. The highest BCUT2D eigenvalue weighted by atomic mass is 16.5. The minimum atomic E-state index is 0.224. The molecule has 0 atom stereocenters. The molecule has 0 aliphatic heterocycles. The number of benzene rings is 2. The zero-order valence-corrected chi connectivity index (χ0v) is 14.2. The third kappa shape index (κ3) is 8.87. The number of rotatable bonds is 8. The van der Waals surface area contributed by atoms with Crippen molar-refractivity contribution in [3.63, 3.8) is 0 Å². The van der Waals surface area contributed by atoms with Crippen LogP contribution in [0.25, 0.3) is 0 Å². The predicted octanol–water partition coefficient (Wildman–Crippen LogP) is 2.39. The summed E-state index contributed by atoms with van der Waals surface area (Å²) >= 11 is 0. The highest BCUT2D eigenvalue weighted by Gasteiger charge is 1.90. The predicted molar refractivity (Wildman–Crippen MR) is 102 cm³/mol. The summed E-state index contributed by atoms with van der Waals surface area (Å²) in [4.78, 5) is 0. The summed E-state index contributed by atoms with van der Waals surface area (Å²) in [5, 5.41) is 14.9. The van der Waals surface area contributed by atoms with Gasteiger partial charge in [0.25, 0.3) is 0 Å². The molecule has 0 saturated heterocycles. The van der Waals surface area contributed by atoms with Gasteiger partial charge in [0, 0.05) is 49.6 Å². The van der Waals surface area contributed by atoms with E-state index in [1.807, 2.05) is 48.5 Å². The maximum atomic E-state index is 8.53. The number of nitrogen functional groups attached to an aromatic ring is 2. The number of aliphatic hydroxyl groups is 1. The highest BCUT2D eigenvalue weighted by Crippen LogP contribution is 2.10. The van der Waals surface area contributed by atoms with E-state index in [-0.39, 0.29) is 6.61 Å². The van der Waals surface area contributed by atoms with Crippen LogP contribution in [0, 0.1) is 0 Å². The molecule has 0 saturated carbocycles. The van der Waals surface area contributed by atoms with E-state index in [9.17, 15) is 0 Å². The van der Waals surface area contributed by atoms with E-state index in [2.05, 4.69) is 10.6 Å². The van der Waals surface area contributed by atoms with Crippen molar-refractivity contribution in [2.75, 3.05) is 55.5 Å². The van der Waals surface area contributed by atoms with E-state index in [1.165, 1.54) is 0 Å². The van der Waals surface area contributed by atoms with Gasteiger partial charge in [0.1, 0.15) is 0 Å². The summed E-state index contributed by atoms with van der Waals surface area (Å²) < 4.78 is 4.90. The average molecular weight is 332 g/mol. The van der Waals surface area contributed by atoms with Crippen LogP contribution in [0.3, 0.4) is 0 Å². The van der Waals surface area contributed by atoms with Crippen molar-refractivity contribution in [3.05, 3.63) is 48.5 Å². The van der Waals surface area contributed by atoms with Crippen LogP contribution in [-0.2, 0) is 4.74 Å². The Morgan fingerprint density at radius 1 is 0.833 bits per heavy atom. The van der Waals surface area contributed by atoms with Crippen molar-refractivity contribution in [3.8, 4) is 0 Å². The molecule has 6 nitrogen and oxygen atoms in total. The van der Waals surface area contributed by atoms with Gasteiger partial charge in [-0.05, 0) is 55.0 Å². The molecule has 7 N–H and O–H groups in total. The number of aliphatic hydroxyl groups excluding tert-OH is 1. The fourth-order valence-corrected chi connectivity index (χ4v) is 1.81. The van der Waals surface area contributed by atoms with Crippen molar-refractivity contribution in [1.29, 1.82) is 0 Å². The largest absolute Gasteiger partial charge is 0.399 e. The molecular weight excluding hydrogens is 304 g/mol. The summed E-state index contributed by atoms with van der Waals surface area (Å²) in [6.45, 7) is 2.55. The molecule has 2 rings (SSSR count). The Labute approximate surface area is 143 Å². The molecule has 2 aromatic carbocycles. The standard InChI is InChI=1S/2C9H14N2O/c1-12-7-6-11-9-4-2-8(10)3-5-9;10-8-2-4-9(5-3-8)11-6-1-7-12/h2-5,11H,6-7,10H2,1H3;2-5,11-12H,1,6-7,10H2. The van der Waals surface area contributed by atoms with Crippen LogP contribution in [0.15, 0.2) is 48.5 Å². The van der Waals surface area contributed by atoms with Crippen molar-refractivity contribution < 1.29 is 9.84 Å². The first-order chi connectivity index (χ1) is 11.7. The molecule has 0 radical (unpaired) electrons. The number of nitrogens with two attached hydrogens (primary N) is 2. The maximum absolute atomic E-state index is 8.53. The van der Waals surface area contributed by atoms with Gasteiger partial charge in [-0.15, -0.1) is 0 Å². The molecule has 0 aromatic heterocycles. The van der Waals surface area contributed by atoms with Gasteiger partial charge in [-0.25, -0.2) is 0 Å². The lowest BCUT2D eigenvalue weighted by molar-refractivity contribution is 0.211. The topological polar surface area (TPSA) is 106 Å². The molecule has 0 fully saturated rings. The lowest BCUT2D eigenvalue weighted by atomic mass is 10.3. The molecule has 0 amide bonds. The van der Waals surface area contributed by atoms with E-state index in [0.717, 1.165) is 42.3 Å². The summed E-state index contributed by atoms with van der Waals surface area (Å²) in [6, 6.07) is 15.2. The Hall–Kier alpha value is -2.44. The van der Waals surface area contributed by atoms with Crippen molar-refractivity contribution in [2.24, 2.45) is 0 Å². The molecule has 0 unspecified atom stereocenters. The smallest absolute Gasteiger partial charge is 0.0635 e. The summed E-state index contributed by atoms with van der Waals surface area (Å²) in [5.74, 6) is 0. The lowest BCUT2D eigenvalue weighted by Gasteiger charge is -2.04. The molecule has 132 valence electrons. The highest BCUT2D eigenvalue weighted by molar-refractivity contribution is 5.51. The summed E-state index contributed by atoms with van der Waals surface area (Å²) in [5.41, 5.74) is 14.7. The van der Waals surface area contributed by atoms with Gasteiger partial charge in [0.15, 0.2) is 0 Å². The Morgan fingerprint density at radius 2 is 1.29 bits per heavy atom. The average Bonchev–Trinajstić information content (AvgIpc) is 2.59. The van der Waals surface area contributed by atoms with Crippen LogP contribution >= 0.6 is 0 Å². The van der Waals surface area contributed by atoms with E-state index >= 15 is 0 Å². The zero-order chi connectivity index (χ0) is 17.6. The second-order valence-electron chi connectivity index (χ2n) is 5.17. The van der Waals surface area contributed by atoms with Gasteiger partial charge in [-0.1, -0.05) is 0 Å². The van der Waals surface area contributed by atoms with Gasteiger partial charge in [-0.2, -0.15) is 0 Å². The van der Waals surface area contributed by atoms with Crippen LogP contribution < -0.4 is 22.1 Å². The fraction of sp³-hybridized carbons (Fsp3) is 0.333. The lowest BCUT2D eigenvalue weighted by Crippen LogP contribution is -2.07. The van der Waals surface area contributed by atoms with E-state index in [0.29, 0.717) is 6.61 Å². The van der Waals surface area contributed by atoms with E-state index in [1.54, 1.807) is 7.11 Å². The Bertz CT molecular complexity index is 492. The monoisotopic (exact) mass is 332 g/mol. The minimum absolute atomic E-state index is 0.224. The number of hydrogen-bond donors (Lipinski definition) is 5. The third-order valence-corrected chi connectivity index (χ3v) is 3.12. The number of hydrogen-bond acceptors (Lipinski definition) is 6. The molecule has 0 bridgehead atoms. The molecular formula is C18H28N4O2. The van der Waals surface area contributed by atoms with Gasteiger partial charge in [0.05, 0.1) is 6.61 Å². The molecule has 6 heteroatoms. The van der Waals surface area contributed by atoms with Crippen molar-refractivity contribution in [2.45, 2.75) is 6.42 Å². The number of nitrogens with one attached hydrogen (secondary N) is 2. The third-order valence-electron chi connectivity index (χ3n) is 3.12. The minimum Gasteiger partial charge on any atom is -0.399 e. The normalized spacial score (nSPS) is 9.75. The number of ether oxygens (including phenoxy) is 1. The Kier molecular flexibility index (Phi) is 9.84. The number of methoxy groups -OCH3 is 1. The Balaban J connectivity index is 0.000000240. The molecule has 24 heavy (non-hydrogen) atoms. The second kappa shape index (κ2) is 12.0. The SMILES string of the molecule is COCCNc1ccc(N)cc1.Nc1ccc(NCCCO)cc1. The first-order valence-corrected chi connectivity index (χ1v) is 7.94. The maximum Gasteiger partial charge on any atom is 0.0635 e. The Morgan fingerprint density at radius 3 is 1.71 bits per heavy atom. The first-order valence-electron chi connectivity index (χ1n) is 7.94. The summed E-state index contributed by atoms with van der Waals surface area (Å²) in [6.07, 6.45) is 0.768. The quantitative estimate of drug-likeness (QED) is 0.375.